The molecule has 1 aromatic heterocycles. The highest BCUT2D eigenvalue weighted by molar-refractivity contribution is 7.92. The molecule has 0 bridgehead atoms. The second-order valence-electron chi connectivity index (χ2n) is 7.93. The van der Waals surface area contributed by atoms with Gasteiger partial charge in [0.25, 0.3) is 10.0 Å². The Balaban J connectivity index is 1.45. The normalized spacial score (nSPS) is 10.9. The van der Waals surface area contributed by atoms with Gasteiger partial charge in [-0.05, 0) is 49.4 Å². The summed E-state index contributed by atoms with van der Waals surface area (Å²) in [6.45, 7) is 1.90. The standard InChI is InChI=1S/C26H27N5O5S/c1-17-5-11-21(12-6-17)37(32,33)31-19-9-7-18(8-10-19)29-26-27-14-13-24(30-26)28-20-15-22(34-2)25(36-4)23(16-20)35-3/h5-16,31H,1-4H3,(H2,27,28,29,30). The Hall–Kier alpha value is -4.51. The maximum Gasteiger partial charge on any atom is 0.261 e. The highest BCUT2D eigenvalue weighted by atomic mass is 32.2. The van der Waals surface area contributed by atoms with E-state index in [4.69, 9.17) is 14.2 Å². The van der Waals surface area contributed by atoms with E-state index in [1.54, 1.807) is 94.3 Å². The van der Waals surface area contributed by atoms with Crippen LogP contribution >= 0.6 is 0 Å². The van der Waals surface area contributed by atoms with E-state index in [9.17, 15) is 8.42 Å². The van der Waals surface area contributed by atoms with Gasteiger partial charge in [-0.3, -0.25) is 4.72 Å². The molecule has 1 heterocycles. The Morgan fingerprint density at radius 2 is 1.35 bits per heavy atom. The smallest absolute Gasteiger partial charge is 0.261 e. The lowest BCUT2D eigenvalue weighted by Gasteiger charge is -2.15. The first-order chi connectivity index (χ1) is 17.8. The van der Waals surface area contributed by atoms with Crippen LogP contribution in [0.1, 0.15) is 5.56 Å². The van der Waals surface area contributed by atoms with Crippen LogP contribution < -0.4 is 29.6 Å². The van der Waals surface area contributed by atoms with E-state index in [2.05, 4.69) is 25.3 Å². The van der Waals surface area contributed by atoms with Crippen molar-refractivity contribution in [3.05, 3.63) is 78.5 Å². The number of hydrogen-bond acceptors (Lipinski definition) is 9. The number of aromatic nitrogens is 2. The van der Waals surface area contributed by atoms with Gasteiger partial charge in [-0.15, -0.1) is 0 Å². The maximum absolute atomic E-state index is 12.6. The molecule has 11 heteroatoms. The van der Waals surface area contributed by atoms with Gasteiger partial charge in [0.1, 0.15) is 5.82 Å². The summed E-state index contributed by atoms with van der Waals surface area (Å²) in [4.78, 5) is 8.94. The first-order valence-corrected chi connectivity index (χ1v) is 12.7. The number of benzene rings is 3. The Labute approximate surface area is 215 Å². The molecule has 0 atom stereocenters. The Kier molecular flexibility index (Phi) is 7.63. The number of rotatable bonds is 10. The van der Waals surface area contributed by atoms with Crippen LogP contribution in [0.25, 0.3) is 0 Å². The number of nitrogens with zero attached hydrogens (tertiary/aromatic N) is 2. The van der Waals surface area contributed by atoms with Gasteiger partial charge in [-0.25, -0.2) is 13.4 Å². The molecule has 3 aromatic carbocycles. The number of ether oxygens (including phenoxy) is 3. The maximum atomic E-state index is 12.6. The molecule has 0 amide bonds. The van der Waals surface area contributed by atoms with Gasteiger partial charge in [0.05, 0.1) is 26.2 Å². The summed E-state index contributed by atoms with van der Waals surface area (Å²) in [5.74, 6) is 2.40. The minimum absolute atomic E-state index is 0.199. The lowest BCUT2D eigenvalue weighted by Crippen LogP contribution is -2.12. The van der Waals surface area contributed by atoms with Crippen LogP contribution in [0, 0.1) is 6.92 Å². The number of hydrogen-bond donors (Lipinski definition) is 3. The average molecular weight is 522 g/mol. The third-order valence-electron chi connectivity index (χ3n) is 5.32. The number of nitrogens with one attached hydrogen (secondary N) is 3. The van der Waals surface area contributed by atoms with E-state index in [1.807, 2.05) is 6.92 Å². The molecule has 37 heavy (non-hydrogen) atoms. The third-order valence-corrected chi connectivity index (χ3v) is 6.71. The first-order valence-electron chi connectivity index (χ1n) is 11.2. The van der Waals surface area contributed by atoms with Crippen molar-refractivity contribution in [2.75, 3.05) is 36.7 Å². The number of aryl methyl sites for hydroxylation is 1. The highest BCUT2D eigenvalue weighted by Crippen LogP contribution is 2.40. The van der Waals surface area contributed by atoms with E-state index in [1.165, 1.54) is 0 Å². The van der Waals surface area contributed by atoms with Crippen LogP contribution in [0.4, 0.5) is 28.8 Å². The van der Waals surface area contributed by atoms with Crippen molar-refractivity contribution in [2.24, 2.45) is 0 Å². The van der Waals surface area contributed by atoms with Gasteiger partial charge in [-0.1, -0.05) is 17.7 Å². The van der Waals surface area contributed by atoms with Crippen LogP contribution in [0.2, 0.25) is 0 Å². The minimum atomic E-state index is -3.68. The van der Waals surface area contributed by atoms with Crippen molar-refractivity contribution >= 4 is 38.9 Å². The number of anilines is 5. The molecule has 4 aromatic rings. The van der Waals surface area contributed by atoms with E-state index in [-0.39, 0.29) is 4.90 Å². The molecule has 4 rings (SSSR count). The molecule has 0 unspecified atom stereocenters. The molecule has 0 spiro atoms. The molecule has 0 fully saturated rings. The average Bonchev–Trinajstić information content (AvgIpc) is 2.89. The third kappa shape index (κ3) is 6.19. The minimum Gasteiger partial charge on any atom is -0.493 e. The van der Waals surface area contributed by atoms with Crippen LogP contribution in [-0.4, -0.2) is 39.7 Å². The molecule has 0 saturated carbocycles. The molecule has 0 aliphatic heterocycles. The molecule has 0 aliphatic carbocycles. The largest absolute Gasteiger partial charge is 0.493 e. The van der Waals surface area contributed by atoms with Crippen molar-refractivity contribution in [1.82, 2.24) is 9.97 Å². The first kappa shape index (κ1) is 25.6. The summed E-state index contributed by atoms with van der Waals surface area (Å²) in [5.41, 5.74) is 2.79. The summed E-state index contributed by atoms with van der Waals surface area (Å²) in [6, 6.07) is 18.7. The molecule has 0 aliphatic rings. The van der Waals surface area contributed by atoms with Crippen LogP contribution in [-0.2, 0) is 10.0 Å². The van der Waals surface area contributed by atoms with Gasteiger partial charge >= 0.3 is 0 Å². The lowest BCUT2D eigenvalue weighted by molar-refractivity contribution is 0.324. The molecular weight excluding hydrogens is 494 g/mol. The summed E-state index contributed by atoms with van der Waals surface area (Å²) in [5, 5.41) is 6.31. The van der Waals surface area contributed by atoms with E-state index in [0.717, 1.165) is 5.56 Å². The summed E-state index contributed by atoms with van der Waals surface area (Å²) in [6.07, 6.45) is 1.61. The highest BCUT2D eigenvalue weighted by Gasteiger charge is 2.15. The van der Waals surface area contributed by atoms with Crippen molar-refractivity contribution in [3.63, 3.8) is 0 Å². The van der Waals surface area contributed by atoms with E-state index >= 15 is 0 Å². The fraction of sp³-hybridized carbons (Fsp3) is 0.154. The number of sulfonamides is 1. The molecule has 3 N–H and O–H groups in total. The van der Waals surface area contributed by atoms with Crippen molar-refractivity contribution in [2.45, 2.75) is 11.8 Å². The van der Waals surface area contributed by atoms with Gasteiger partial charge < -0.3 is 24.8 Å². The zero-order chi connectivity index (χ0) is 26.4. The predicted molar refractivity (Wildman–Crippen MR) is 143 cm³/mol. The lowest BCUT2D eigenvalue weighted by atomic mass is 10.2. The predicted octanol–water partition coefficient (Wildman–Crippen LogP) is 5.10. The monoisotopic (exact) mass is 521 g/mol. The zero-order valence-corrected chi connectivity index (χ0v) is 21.6. The van der Waals surface area contributed by atoms with Crippen LogP contribution in [0.5, 0.6) is 17.2 Å². The topological polar surface area (TPSA) is 124 Å². The van der Waals surface area contributed by atoms with Gasteiger partial charge in [0, 0.05) is 35.4 Å². The Morgan fingerprint density at radius 1 is 0.730 bits per heavy atom. The summed E-state index contributed by atoms with van der Waals surface area (Å²) < 4.78 is 44.0. The van der Waals surface area contributed by atoms with E-state index in [0.29, 0.717) is 46.1 Å². The fourth-order valence-corrected chi connectivity index (χ4v) is 4.53. The molecular formula is C26H27N5O5S. The van der Waals surface area contributed by atoms with Gasteiger partial charge in [0.15, 0.2) is 11.5 Å². The summed E-state index contributed by atoms with van der Waals surface area (Å²) in [7, 11) is 0.958. The molecule has 0 saturated heterocycles. The number of methoxy groups -OCH3 is 3. The SMILES string of the molecule is COc1cc(Nc2ccnc(Nc3ccc(NS(=O)(=O)c4ccc(C)cc4)cc3)n2)cc(OC)c1OC. The molecule has 0 radical (unpaired) electrons. The zero-order valence-electron chi connectivity index (χ0n) is 20.8. The molecule has 192 valence electrons. The van der Waals surface area contributed by atoms with Crippen molar-refractivity contribution in [1.29, 1.82) is 0 Å². The van der Waals surface area contributed by atoms with Crippen LogP contribution in [0.15, 0.2) is 77.8 Å². The second-order valence-corrected chi connectivity index (χ2v) is 9.61. The van der Waals surface area contributed by atoms with Gasteiger partial charge in [0.2, 0.25) is 11.7 Å². The van der Waals surface area contributed by atoms with Crippen LogP contribution in [0.3, 0.4) is 0 Å². The summed E-state index contributed by atoms with van der Waals surface area (Å²) >= 11 is 0. The fourth-order valence-electron chi connectivity index (χ4n) is 3.47. The Bertz CT molecular complexity index is 1450. The van der Waals surface area contributed by atoms with E-state index < -0.39 is 10.0 Å². The Morgan fingerprint density at radius 3 is 1.95 bits per heavy atom. The van der Waals surface area contributed by atoms with Gasteiger partial charge in [-0.2, -0.15) is 4.98 Å². The van der Waals surface area contributed by atoms with Crippen molar-refractivity contribution < 1.29 is 22.6 Å². The quantitative estimate of drug-likeness (QED) is 0.261. The second kappa shape index (κ2) is 11.0. The van der Waals surface area contributed by atoms with Crippen molar-refractivity contribution in [3.8, 4) is 17.2 Å². The molecule has 10 nitrogen and oxygen atoms in total.